The van der Waals surface area contributed by atoms with Crippen LogP contribution in [0.3, 0.4) is 0 Å². The molecule has 2 aromatic carbocycles. The minimum absolute atomic E-state index is 0.528. The number of hydrogen-bond acceptors (Lipinski definition) is 4. The van der Waals surface area contributed by atoms with Crippen LogP contribution in [0.25, 0.3) is 22.3 Å². The Morgan fingerprint density at radius 1 is 1.11 bits per heavy atom. The molecular formula is C20H21Br2FN4. The van der Waals surface area contributed by atoms with E-state index in [1.165, 1.54) is 0 Å². The molecule has 1 aromatic heterocycles. The van der Waals surface area contributed by atoms with Crippen molar-refractivity contribution >= 4 is 48.6 Å². The molecule has 0 spiro atoms. The Labute approximate surface area is 175 Å². The van der Waals surface area contributed by atoms with Crippen LogP contribution in [-0.2, 0) is 6.67 Å². The van der Waals surface area contributed by atoms with Crippen LogP contribution in [0.15, 0.2) is 45.3 Å². The van der Waals surface area contributed by atoms with Crippen molar-refractivity contribution in [2.45, 2.75) is 13.1 Å². The van der Waals surface area contributed by atoms with E-state index >= 15 is 0 Å². The van der Waals surface area contributed by atoms with Crippen LogP contribution in [0.4, 0.5) is 10.2 Å². The first-order valence-electron chi connectivity index (χ1n) is 8.68. The summed E-state index contributed by atoms with van der Waals surface area (Å²) in [7, 11) is 4.12. The van der Waals surface area contributed by atoms with Gasteiger partial charge in [-0.15, -0.1) is 0 Å². The van der Waals surface area contributed by atoms with Crippen LogP contribution in [-0.4, -0.2) is 42.1 Å². The second kappa shape index (κ2) is 9.08. The fourth-order valence-corrected chi connectivity index (χ4v) is 3.84. The Morgan fingerprint density at radius 2 is 1.93 bits per heavy atom. The van der Waals surface area contributed by atoms with Crippen LogP contribution >= 0.6 is 31.9 Å². The highest BCUT2D eigenvalue weighted by molar-refractivity contribution is 9.11. The Bertz CT molecular complexity index is 947. The monoisotopic (exact) mass is 494 g/mol. The van der Waals surface area contributed by atoms with Gasteiger partial charge in [0.25, 0.3) is 0 Å². The van der Waals surface area contributed by atoms with Crippen molar-refractivity contribution in [3.05, 3.63) is 50.9 Å². The van der Waals surface area contributed by atoms with Crippen molar-refractivity contribution < 1.29 is 4.39 Å². The van der Waals surface area contributed by atoms with Gasteiger partial charge in [-0.05, 0) is 78.9 Å². The second-order valence-corrected chi connectivity index (χ2v) is 8.37. The van der Waals surface area contributed by atoms with Crippen molar-refractivity contribution in [3.63, 3.8) is 0 Å². The number of benzene rings is 2. The first-order valence-corrected chi connectivity index (χ1v) is 10.3. The quantitative estimate of drug-likeness (QED) is 0.429. The van der Waals surface area contributed by atoms with E-state index in [1.807, 2.05) is 24.3 Å². The summed E-state index contributed by atoms with van der Waals surface area (Å²) < 4.78 is 14.9. The maximum atomic E-state index is 13.2. The predicted octanol–water partition coefficient (Wildman–Crippen LogP) is 5.65. The molecule has 1 heterocycles. The third-order valence-electron chi connectivity index (χ3n) is 4.12. The zero-order chi connectivity index (χ0) is 19.4. The van der Waals surface area contributed by atoms with Gasteiger partial charge in [-0.1, -0.05) is 22.0 Å². The van der Waals surface area contributed by atoms with E-state index < -0.39 is 6.67 Å². The minimum atomic E-state index is -0.528. The molecule has 4 nitrogen and oxygen atoms in total. The zero-order valence-electron chi connectivity index (χ0n) is 15.3. The normalized spacial score (nSPS) is 11.3. The molecule has 0 saturated heterocycles. The summed E-state index contributed by atoms with van der Waals surface area (Å²) >= 11 is 7.03. The summed E-state index contributed by atoms with van der Waals surface area (Å²) in [4.78, 5) is 11.6. The molecule has 0 aliphatic rings. The lowest BCUT2D eigenvalue weighted by Gasteiger charge is -2.14. The van der Waals surface area contributed by atoms with Gasteiger partial charge in [0, 0.05) is 26.4 Å². The van der Waals surface area contributed by atoms with Gasteiger partial charge in [0.05, 0.1) is 5.52 Å². The molecule has 7 heteroatoms. The highest BCUT2D eigenvalue weighted by Crippen LogP contribution is 2.31. The van der Waals surface area contributed by atoms with Gasteiger partial charge >= 0.3 is 0 Å². The van der Waals surface area contributed by atoms with Gasteiger partial charge in [0.15, 0.2) is 5.82 Å². The molecule has 0 aliphatic carbocycles. The third-order valence-corrected chi connectivity index (χ3v) is 5.22. The van der Waals surface area contributed by atoms with E-state index in [4.69, 9.17) is 9.97 Å². The molecule has 3 rings (SSSR count). The van der Waals surface area contributed by atoms with Crippen LogP contribution in [0.1, 0.15) is 12.0 Å². The molecule has 0 fully saturated rings. The van der Waals surface area contributed by atoms with E-state index in [2.05, 4.69) is 56.2 Å². The molecule has 0 radical (unpaired) electrons. The largest absolute Gasteiger partial charge is 0.369 e. The predicted molar refractivity (Wildman–Crippen MR) is 117 cm³/mol. The van der Waals surface area contributed by atoms with Gasteiger partial charge in [0.2, 0.25) is 0 Å². The maximum absolute atomic E-state index is 13.2. The van der Waals surface area contributed by atoms with Gasteiger partial charge in [-0.3, -0.25) is 0 Å². The highest BCUT2D eigenvalue weighted by Gasteiger charge is 2.12. The number of hydrogen-bond donors (Lipinski definition) is 1. The van der Waals surface area contributed by atoms with Gasteiger partial charge in [-0.25, -0.2) is 14.4 Å². The van der Waals surface area contributed by atoms with E-state index in [-0.39, 0.29) is 0 Å². The zero-order valence-corrected chi connectivity index (χ0v) is 18.4. The molecule has 0 amide bonds. The van der Waals surface area contributed by atoms with Crippen molar-refractivity contribution in [2.24, 2.45) is 0 Å². The lowest BCUT2D eigenvalue weighted by molar-refractivity contribution is 0.405. The summed E-state index contributed by atoms with van der Waals surface area (Å²) in [5.41, 5.74) is 2.21. The third kappa shape index (κ3) is 5.03. The maximum Gasteiger partial charge on any atom is 0.162 e. The smallest absolute Gasteiger partial charge is 0.162 e. The molecule has 142 valence electrons. The van der Waals surface area contributed by atoms with Gasteiger partial charge < -0.3 is 10.2 Å². The lowest BCUT2D eigenvalue weighted by Crippen LogP contribution is -2.17. The van der Waals surface area contributed by atoms with Crippen molar-refractivity contribution in [1.82, 2.24) is 14.9 Å². The number of aromatic nitrogens is 2. The summed E-state index contributed by atoms with van der Waals surface area (Å²) in [6, 6.07) is 11.4. The summed E-state index contributed by atoms with van der Waals surface area (Å²) in [6.07, 6.45) is 1.00. The van der Waals surface area contributed by atoms with Crippen LogP contribution in [0, 0.1) is 0 Å². The van der Waals surface area contributed by atoms with E-state index in [0.29, 0.717) is 11.4 Å². The molecular weight excluding hydrogens is 475 g/mol. The molecule has 3 aromatic rings. The van der Waals surface area contributed by atoms with Crippen LogP contribution < -0.4 is 5.32 Å². The summed E-state index contributed by atoms with van der Waals surface area (Å²) in [6.45, 7) is 1.28. The Hall–Kier alpha value is -1.57. The number of rotatable bonds is 7. The number of halogens is 3. The molecule has 0 bridgehead atoms. The Morgan fingerprint density at radius 3 is 2.67 bits per heavy atom. The molecule has 0 saturated carbocycles. The standard InChI is InChI=1S/C20H21Br2FN4/c1-27(2)8-4-7-24-20-16-5-3-6-17(22)18(16)25-19(26-20)14-9-13(12-23)10-15(21)11-14/h3,5-6,9-11H,4,7-8,12H2,1-2H3,(H,24,25,26). The first-order chi connectivity index (χ1) is 13.0. The number of nitrogens with one attached hydrogen (secondary N) is 1. The van der Waals surface area contributed by atoms with Gasteiger partial charge in [-0.2, -0.15) is 0 Å². The van der Waals surface area contributed by atoms with Crippen LogP contribution in [0.2, 0.25) is 0 Å². The van der Waals surface area contributed by atoms with Gasteiger partial charge in [0.1, 0.15) is 12.5 Å². The summed E-state index contributed by atoms with van der Waals surface area (Å²) in [5, 5.41) is 4.40. The first kappa shape index (κ1) is 20.2. The van der Waals surface area contributed by atoms with E-state index in [0.717, 1.165) is 50.7 Å². The SMILES string of the molecule is CN(C)CCCNc1nc(-c2cc(Br)cc(CF)c2)nc2c(Br)cccc12. The number of fused-ring (bicyclic) bond motifs is 1. The number of alkyl halides is 1. The molecule has 1 N–H and O–H groups in total. The van der Waals surface area contributed by atoms with Crippen molar-refractivity contribution in [1.29, 1.82) is 0 Å². The minimum Gasteiger partial charge on any atom is -0.369 e. The highest BCUT2D eigenvalue weighted by atomic mass is 79.9. The lowest BCUT2D eigenvalue weighted by atomic mass is 10.1. The second-order valence-electron chi connectivity index (χ2n) is 6.60. The van der Waals surface area contributed by atoms with Crippen molar-refractivity contribution in [2.75, 3.05) is 32.5 Å². The van der Waals surface area contributed by atoms with Crippen molar-refractivity contribution in [3.8, 4) is 11.4 Å². The number of nitrogens with zero attached hydrogens (tertiary/aromatic N) is 3. The van der Waals surface area contributed by atoms with Crippen LogP contribution in [0.5, 0.6) is 0 Å². The number of anilines is 1. The van der Waals surface area contributed by atoms with E-state index in [9.17, 15) is 4.39 Å². The fraction of sp³-hybridized carbons (Fsp3) is 0.300. The molecule has 0 atom stereocenters. The number of para-hydroxylation sites is 1. The molecule has 0 aliphatic heterocycles. The Kier molecular flexibility index (Phi) is 6.78. The molecule has 0 unspecified atom stereocenters. The summed E-state index contributed by atoms with van der Waals surface area (Å²) in [5.74, 6) is 1.36. The average molecular weight is 496 g/mol. The van der Waals surface area contributed by atoms with E-state index in [1.54, 1.807) is 12.1 Å². The average Bonchev–Trinajstić information content (AvgIpc) is 2.64. The fourth-order valence-electron chi connectivity index (χ4n) is 2.84. The molecule has 27 heavy (non-hydrogen) atoms. The topological polar surface area (TPSA) is 41.0 Å². The Balaban J connectivity index is 2.03.